The summed E-state index contributed by atoms with van der Waals surface area (Å²) in [6, 6.07) is 0. The number of carbonyl (C=O) groups excluding carboxylic acids is 1. The van der Waals surface area contributed by atoms with Gasteiger partial charge in [0.05, 0.1) is 21.8 Å². The number of nitrogens with one attached hydrogen (secondary N) is 2. The number of rotatable bonds is 6. The molecule has 0 radical (unpaired) electrons. The fourth-order valence-electron chi connectivity index (χ4n) is 1.92. The molecule has 1 amide bonds. The van der Waals surface area contributed by atoms with Crippen molar-refractivity contribution in [3.05, 3.63) is 16.4 Å². The van der Waals surface area contributed by atoms with E-state index in [1.807, 2.05) is 27.8 Å². The van der Waals surface area contributed by atoms with Crippen LogP contribution in [0.25, 0.3) is 0 Å². The van der Waals surface area contributed by atoms with Gasteiger partial charge >= 0.3 is 0 Å². The van der Waals surface area contributed by atoms with Crippen molar-refractivity contribution in [2.24, 2.45) is 12.5 Å². The molecule has 0 saturated carbocycles. The molecule has 2 N–H and O–H groups in total. The lowest BCUT2D eigenvalue weighted by Crippen LogP contribution is -2.42. The van der Waals surface area contributed by atoms with Crippen LogP contribution in [0.2, 0.25) is 5.02 Å². The molecular formula is C13H23ClN4O. The second kappa shape index (κ2) is 6.39. The van der Waals surface area contributed by atoms with E-state index in [9.17, 15) is 4.79 Å². The Kier molecular flexibility index (Phi) is 5.38. The Labute approximate surface area is 119 Å². The van der Waals surface area contributed by atoms with Gasteiger partial charge < -0.3 is 10.6 Å². The molecule has 1 aromatic heterocycles. The van der Waals surface area contributed by atoms with Crippen molar-refractivity contribution in [1.82, 2.24) is 20.4 Å². The molecule has 19 heavy (non-hydrogen) atoms. The molecule has 0 aliphatic carbocycles. The van der Waals surface area contributed by atoms with Gasteiger partial charge in [0, 0.05) is 27.2 Å². The number of aromatic nitrogens is 2. The highest BCUT2D eigenvalue weighted by Gasteiger charge is 2.26. The maximum absolute atomic E-state index is 11.7. The van der Waals surface area contributed by atoms with Crippen LogP contribution in [-0.4, -0.2) is 29.3 Å². The first-order chi connectivity index (χ1) is 8.83. The summed E-state index contributed by atoms with van der Waals surface area (Å²) in [4.78, 5) is 11.7. The molecule has 0 unspecified atom stereocenters. The predicted octanol–water partition coefficient (Wildman–Crippen LogP) is 1.50. The zero-order valence-corrected chi connectivity index (χ0v) is 13.1. The average Bonchev–Trinajstić information content (AvgIpc) is 2.64. The number of hydrogen-bond donors (Lipinski definition) is 2. The molecule has 0 bridgehead atoms. The minimum Gasteiger partial charge on any atom is -0.359 e. The van der Waals surface area contributed by atoms with Gasteiger partial charge in [0.1, 0.15) is 0 Å². The third-order valence-electron chi connectivity index (χ3n) is 3.20. The molecule has 0 atom stereocenters. The highest BCUT2D eigenvalue weighted by atomic mass is 35.5. The molecule has 1 rings (SSSR count). The SMILES string of the molecule is CCc1nn(C)c(CNCC(C)(C)C(=O)NC)c1Cl. The van der Waals surface area contributed by atoms with E-state index in [-0.39, 0.29) is 5.91 Å². The van der Waals surface area contributed by atoms with Gasteiger partial charge in [0.25, 0.3) is 0 Å². The number of carbonyl (C=O) groups is 1. The first-order valence-electron chi connectivity index (χ1n) is 6.46. The summed E-state index contributed by atoms with van der Waals surface area (Å²) >= 11 is 6.27. The summed E-state index contributed by atoms with van der Waals surface area (Å²) in [6.45, 7) is 7.01. The Morgan fingerprint density at radius 1 is 1.47 bits per heavy atom. The van der Waals surface area contributed by atoms with Crippen molar-refractivity contribution in [3.8, 4) is 0 Å². The minimum absolute atomic E-state index is 0.0188. The lowest BCUT2D eigenvalue weighted by atomic mass is 9.92. The highest BCUT2D eigenvalue weighted by Crippen LogP contribution is 2.21. The van der Waals surface area contributed by atoms with E-state index < -0.39 is 5.41 Å². The van der Waals surface area contributed by atoms with E-state index in [1.54, 1.807) is 11.7 Å². The second-order valence-corrected chi connectivity index (χ2v) is 5.63. The molecule has 108 valence electrons. The van der Waals surface area contributed by atoms with Gasteiger partial charge in [-0.25, -0.2) is 0 Å². The maximum Gasteiger partial charge on any atom is 0.226 e. The molecule has 6 heteroatoms. The van der Waals surface area contributed by atoms with Crippen molar-refractivity contribution in [2.75, 3.05) is 13.6 Å². The molecule has 5 nitrogen and oxygen atoms in total. The lowest BCUT2D eigenvalue weighted by Gasteiger charge is -2.22. The normalized spacial score (nSPS) is 11.7. The van der Waals surface area contributed by atoms with E-state index in [1.165, 1.54) is 0 Å². The van der Waals surface area contributed by atoms with Crippen molar-refractivity contribution in [1.29, 1.82) is 0 Å². The Morgan fingerprint density at radius 3 is 2.58 bits per heavy atom. The number of amides is 1. The summed E-state index contributed by atoms with van der Waals surface area (Å²) in [5.74, 6) is 0.0188. The second-order valence-electron chi connectivity index (χ2n) is 5.25. The Bertz CT molecular complexity index is 454. The zero-order chi connectivity index (χ0) is 14.6. The van der Waals surface area contributed by atoms with E-state index in [2.05, 4.69) is 15.7 Å². The van der Waals surface area contributed by atoms with Crippen LogP contribution in [0.3, 0.4) is 0 Å². The number of halogens is 1. The predicted molar refractivity (Wildman–Crippen MR) is 77.2 cm³/mol. The summed E-state index contributed by atoms with van der Waals surface area (Å²) in [6.07, 6.45) is 0.816. The zero-order valence-electron chi connectivity index (χ0n) is 12.3. The summed E-state index contributed by atoms with van der Waals surface area (Å²) in [7, 11) is 3.53. The molecule has 0 aliphatic rings. The van der Waals surface area contributed by atoms with E-state index in [0.717, 1.165) is 22.8 Å². The largest absolute Gasteiger partial charge is 0.359 e. The lowest BCUT2D eigenvalue weighted by molar-refractivity contribution is -0.128. The molecule has 1 aromatic rings. The van der Waals surface area contributed by atoms with Crippen LogP contribution in [-0.2, 0) is 24.8 Å². The molecule has 0 aromatic carbocycles. The first-order valence-corrected chi connectivity index (χ1v) is 6.84. The van der Waals surface area contributed by atoms with Crippen molar-refractivity contribution < 1.29 is 4.79 Å². The van der Waals surface area contributed by atoms with Crippen LogP contribution in [0, 0.1) is 5.41 Å². The standard InChI is InChI=1S/C13H23ClN4O/c1-6-9-11(14)10(18(5)17-9)7-16-8-13(2,3)12(19)15-4/h16H,6-8H2,1-5H3,(H,15,19). The van der Waals surface area contributed by atoms with Gasteiger partial charge in [-0.15, -0.1) is 0 Å². The van der Waals surface area contributed by atoms with Gasteiger partial charge in [-0.3, -0.25) is 9.48 Å². The summed E-state index contributed by atoms with van der Waals surface area (Å²) in [5, 5.41) is 11.0. The van der Waals surface area contributed by atoms with Crippen LogP contribution in [0.15, 0.2) is 0 Å². The van der Waals surface area contributed by atoms with Gasteiger partial charge in [-0.1, -0.05) is 18.5 Å². The summed E-state index contributed by atoms with van der Waals surface area (Å²) in [5.41, 5.74) is 1.41. The first kappa shape index (κ1) is 16.0. The smallest absolute Gasteiger partial charge is 0.226 e. The van der Waals surface area contributed by atoms with Gasteiger partial charge in [-0.2, -0.15) is 5.10 Å². The van der Waals surface area contributed by atoms with E-state index >= 15 is 0 Å². The van der Waals surface area contributed by atoms with Gasteiger partial charge in [0.2, 0.25) is 5.91 Å². The van der Waals surface area contributed by atoms with Crippen LogP contribution >= 0.6 is 11.6 Å². The van der Waals surface area contributed by atoms with Crippen LogP contribution in [0.4, 0.5) is 0 Å². The Balaban J connectivity index is 2.63. The topological polar surface area (TPSA) is 59.0 Å². The van der Waals surface area contributed by atoms with Gasteiger partial charge in [0.15, 0.2) is 0 Å². The summed E-state index contributed by atoms with van der Waals surface area (Å²) < 4.78 is 1.79. The van der Waals surface area contributed by atoms with Gasteiger partial charge in [-0.05, 0) is 20.3 Å². The number of nitrogens with zero attached hydrogens (tertiary/aromatic N) is 2. The third kappa shape index (κ3) is 3.70. The minimum atomic E-state index is -0.451. The van der Waals surface area contributed by atoms with Crippen molar-refractivity contribution in [2.45, 2.75) is 33.7 Å². The number of hydrogen-bond acceptors (Lipinski definition) is 3. The van der Waals surface area contributed by atoms with Crippen LogP contribution in [0.5, 0.6) is 0 Å². The molecule has 0 saturated heterocycles. The average molecular weight is 287 g/mol. The fraction of sp³-hybridized carbons (Fsp3) is 0.692. The maximum atomic E-state index is 11.7. The molecule has 0 spiro atoms. The van der Waals surface area contributed by atoms with Crippen LogP contribution < -0.4 is 10.6 Å². The molecule has 0 aliphatic heterocycles. The monoisotopic (exact) mass is 286 g/mol. The molecular weight excluding hydrogens is 264 g/mol. The van der Waals surface area contributed by atoms with E-state index in [0.29, 0.717) is 13.1 Å². The van der Waals surface area contributed by atoms with Crippen molar-refractivity contribution >= 4 is 17.5 Å². The fourth-order valence-corrected chi connectivity index (χ4v) is 2.28. The quantitative estimate of drug-likeness (QED) is 0.833. The molecule has 1 heterocycles. The highest BCUT2D eigenvalue weighted by molar-refractivity contribution is 6.31. The number of aryl methyl sites for hydroxylation is 2. The Morgan fingerprint density at radius 2 is 2.11 bits per heavy atom. The van der Waals surface area contributed by atoms with E-state index in [4.69, 9.17) is 11.6 Å². The Hall–Kier alpha value is -1.07. The molecule has 0 fully saturated rings. The van der Waals surface area contributed by atoms with Crippen LogP contribution in [0.1, 0.15) is 32.2 Å². The van der Waals surface area contributed by atoms with Crippen molar-refractivity contribution in [3.63, 3.8) is 0 Å². The third-order valence-corrected chi connectivity index (χ3v) is 3.64.